The number of carbonyl (C=O) groups is 2. The van der Waals surface area contributed by atoms with Gasteiger partial charge in [0.1, 0.15) is 0 Å². The maximum atomic E-state index is 10.9. The summed E-state index contributed by atoms with van der Waals surface area (Å²) in [5.74, 6) is 4.69. The molecule has 0 unspecified atom stereocenters. The molecule has 0 radical (unpaired) electrons. The van der Waals surface area contributed by atoms with Crippen LogP contribution in [0.2, 0.25) is 0 Å². The maximum absolute atomic E-state index is 10.9. The highest BCUT2D eigenvalue weighted by Crippen LogP contribution is 2.17. The molecule has 0 aliphatic carbocycles. The lowest BCUT2D eigenvalue weighted by Gasteiger charge is -2.17. The molecule has 6 N–H and O–H groups in total. The van der Waals surface area contributed by atoms with E-state index in [9.17, 15) is 9.59 Å². The Balaban J connectivity index is 2.69. The predicted octanol–water partition coefficient (Wildman–Crippen LogP) is -1.17. The quantitative estimate of drug-likeness (QED) is 0.569. The highest BCUT2D eigenvalue weighted by atomic mass is 32.1. The monoisotopic (exact) mass is 280 g/mol. The lowest BCUT2D eigenvalue weighted by atomic mass is 10.3. The molecule has 1 heterocycles. The van der Waals surface area contributed by atoms with E-state index in [4.69, 9.17) is 17.2 Å². The summed E-state index contributed by atoms with van der Waals surface area (Å²) in [6.07, 6.45) is 0. The minimum Gasteiger partial charge on any atom is -0.369 e. The molecular formula is C12H16N4O2S. The minimum atomic E-state index is -0.499. The third kappa shape index (κ3) is 6.01. The van der Waals surface area contributed by atoms with Crippen molar-refractivity contribution < 1.29 is 9.59 Å². The van der Waals surface area contributed by atoms with Crippen molar-refractivity contribution in [1.82, 2.24) is 4.90 Å². The number of hydrogen-bond donors (Lipinski definition) is 3. The first-order valence-electron chi connectivity index (χ1n) is 5.58. The number of nitrogens with zero attached hydrogens (tertiary/aromatic N) is 1. The second-order valence-electron chi connectivity index (χ2n) is 3.85. The SMILES string of the molecule is NCC#Cc1ccc(CN(CC(N)=O)CC(N)=O)s1. The van der Waals surface area contributed by atoms with E-state index in [1.807, 2.05) is 12.1 Å². The fourth-order valence-corrected chi connectivity index (χ4v) is 2.42. The molecule has 7 heteroatoms. The van der Waals surface area contributed by atoms with E-state index in [1.54, 1.807) is 4.90 Å². The highest BCUT2D eigenvalue weighted by molar-refractivity contribution is 7.12. The van der Waals surface area contributed by atoms with Crippen LogP contribution < -0.4 is 17.2 Å². The van der Waals surface area contributed by atoms with E-state index in [1.165, 1.54) is 11.3 Å². The number of carbonyl (C=O) groups excluding carboxylic acids is 2. The van der Waals surface area contributed by atoms with Gasteiger partial charge in [0, 0.05) is 11.4 Å². The fraction of sp³-hybridized carbons (Fsp3) is 0.333. The van der Waals surface area contributed by atoms with Crippen molar-refractivity contribution in [3.63, 3.8) is 0 Å². The molecule has 6 nitrogen and oxygen atoms in total. The van der Waals surface area contributed by atoms with Crippen LogP contribution in [0.5, 0.6) is 0 Å². The zero-order valence-corrected chi connectivity index (χ0v) is 11.2. The van der Waals surface area contributed by atoms with Gasteiger partial charge in [0.2, 0.25) is 11.8 Å². The average Bonchev–Trinajstić information content (AvgIpc) is 2.72. The van der Waals surface area contributed by atoms with E-state index in [0.717, 1.165) is 9.75 Å². The van der Waals surface area contributed by atoms with Crippen molar-refractivity contribution in [2.24, 2.45) is 17.2 Å². The third-order valence-corrected chi connectivity index (χ3v) is 3.10. The molecule has 0 bridgehead atoms. The molecule has 1 rings (SSSR count). The Morgan fingerprint density at radius 1 is 1.21 bits per heavy atom. The summed E-state index contributed by atoms with van der Waals surface area (Å²) in [4.78, 5) is 25.3. The summed E-state index contributed by atoms with van der Waals surface area (Å²) >= 11 is 1.48. The lowest BCUT2D eigenvalue weighted by Crippen LogP contribution is -2.38. The average molecular weight is 280 g/mol. The van der Waals surface area contributed by atoms with Gasteiger partial charge in [-0.25, -0.2) is 0 Å². The van der Waals surface area contributed by atoms with Crippen molar-refractivity contribution in [1.29, 1.82) is 0 Å². The van der Waals surface area contributed by atoms with Gasteiger partial charge in [0.15, 0.2) is 0 Å². The minimum absolute atomic E-state index is 0.00927. The summed E-state index contributed by atoms with van der Waals surface area (Å²) in [7, 11) is 0. The summed E-state index contributed by atoms with van der Waals surface area (Å²) in [5, 5.41) is 0. The molecule has 0 aliphatic heterocycles. The molecule has 1 aromatic rings. The first-order chi connectivity index (χ1) is 9.01. The van der Waals surface area contributed by atoms with E-state index < -0.39 is 11.8 Å². The standard InChI is InChI=1S/C12H16N4O2S/c13-5-1-2-9-3-4-10(19-9)6-16(7-11(14)17)8-12(15)18/h3-4H,5-8,13H2,(H2,14,17)(H2,15,18). The van der Waals surface area contributed by atoms with Crippen LogP contribution in [0.25, 0.3) is 0 Å². The van der Waals surface area contributed by atoms with Gasteiger partial charge in [0.25, 0.3) is 0 Å². The Morgan fingerprint density at radius 3 is 2.37 bits per heavy atom. The molecule has 2 amide bonds. The van der Waals surface area contributed by atoms with Gasteiger partial charge in [-0.2, -0.15) is 0 Å². The van der Waals surface area contributed by atoms with Gasteiger partial charge in [-0.3, -0.25) is 14.5 Å². The van der Waals surface area contributed by atoms with Crippen LogP contribution in [0.15, 0.2) is 12.1 Å². The van der Waals surface area contributed by atoms with Crippen molar-refractivity contribution >= 4 is 23.2 Å². The van der Waals surface area contributed by atoms with E-state index in [-0.39, 0.29) is 13.1 Å². The zero-order chi connectivity index (χ0) is 14.3. The summed E-state index contributed by atoms with van der Waals surface area (Å²) in [6, 6.07) is 3.76. The first-order valence-corrected chi connectivity index (χ1v) is 6.39. The Hall–Kier alpha value is -1.88. The van der Waals surface area contributed by atoms with Crippen LogP contribution in [0, 0.1) is 11.8 Å². The zero-order valence-electron chi connectivity index (χ0n) is 10.4. The van der Waals surface area contributed by atoms with Crippen molar-refractivity contribution in [2.45, 2.75) is 6.54 Å². The van der Waals surface area contributed by atoms with Gasteiger partial charge in [0.05, 0.1) is 24.5 Å². The Morgan fingerprint density at radius 2 is 1.84 bits per heavy atom. The number of amides is 2. The van der Waals surface area contributed by atoms with E-state index in [2.05, 4.69) is 11.8 Å². The van der Waals surface area contributed by atoms with Crippen molar-refractivity contribution in [2.75, 3.05) is 19.6 Å². The van der Waals surface area contributed by atoms with Crippen LogP contribution in [0.1, 0.15) is 9.75 Å². The number of nitrogens with two attached hydrogens (primary N) is 3. The Bertz CT molecular complexity index is 499. The number of thiophene rings is 1. The molecular weight excluding hydrogens is 264 g/mol. The third-order valence-electron chi connectivity index (χ3n) is 2.11. The van der Waals surface area contributed by atoms with Gasteiger partial charge in [-0.05, 0) is 12.1 Å². The number of primary amides is 2. The molecule has 1 aromatic heterocycles. The summed E-state index contributed by atoms with van der Waals surface area (Å²) in [5.41, 5.74) is 15.5. The van der Waals surface area contributed by atoms with Gasteiger partial charge >= 0.3 is 0 Å². The first kappa shape index (κ1) is 15.2. The Labute approximate surface area is 115 Å². The smallest absolute Gasteiger partial charge is 0.231 e. The van der Waals surface area contributed by atoms with Crippen LogP contribution in [0.4, 0.5) is 0 Å². The molecule has 0 atom stereocenters. The fourth-order valence-electron chi connectivity index (χ4n) is 1.50. The maximum Gasteiger partial charge on any atom is 0.231 e. The number of hydrogen-bond acceptors (Lipinski definition) is 5. The molecule has 0 saturated carbocycles. The molecule has 0 spiro atoms. The van der Waals surface area contributed by atoms with Gasteiger partial charge < -0.3 is 17.2 Å². The van der Waals surface area contributed by atoms with Gasteiger partial charge in [-0.15, -0.1) is 11.3 Å². The number of rotatable bonds is 6. The van der Waals surface area contributed by atoms with Crippen LogP contribution >= 0.6 is 11.3 Å². The largest absolute Gasteiger partial charge is 0.369 e. The van der Waals surface area contributed by atoms with E-state index in [0.29, 0.717) is 13.1 Å². The Kier molecular flexibility index (Phi) is 6.02. The molecule has 19 heavy (non-hydrogen) atoms. The molecule has 0 fully saturated rings. The van der Waals surface area contributed by atoms with E-state index >= 15 is 0 Å². The molecule has 0 aromatic carbocycles. The molecule has 0 saturated heterocycles. The van der Waals surface area contributed by atoms with Crippen molar-refractivity contribution in [3.8, 4) is 11.8 Å². The summed E-state index contributed by atoms with van der Waals surface area (Å²) < 4.78 is 0. The highest BCUT2D eigenvalue weighted by Gasteiger charge is 2.12. The second-order valence-corrected chi connectivity index (χ2v) is 5.02. The molecule has 0 aliphatic rings. The van der Waals surface area contributed by atoms with Crippen LogP contribution in [-0.4, -0.2) is 36.3 Å². The molecule has 102 valence electrons. The van der Waals surface area contributed by atoms with Crippen LogP contribution in [0.3, 0.4) is 0 Å². The topological polar surface area (TPSA) is 115 Å². The lowest BCUT2D eigenvalue weighted by molar-refractivity contribution is -0.122. The van der Waals surface area contributed by atoms with Gasteiger partial charge in [-0.1, -0.05) is 11.8 Å². The van der Waals surface area contributed by atoms with Crippen LogP contribution in [-0.2, 0) is 16.1 Å². The second kappa shape index (κ2) is 7.53. The summed E-state index contributed by atoms with van der Waals surface area (Å²) in [6.45, 7) is 0.721. The predicted molar refractivity (Wildman–Crippen MR) is 73.9 cm³/mol. The normalized spacial score (nSPS) is 10.0. The van der Waals surface area contributed by atoms with Crippen molar-refractivity contribution in [3.05, 3.63) is 21.9 Å².